The quantitative estimate of drug-likeness (QED) is 0.559. The third-order valence-corrected chi connectivity index (χ3v) is 6.64. The molecule has 7 heteroatoms. The Kier molecular flexibility index (Phi) is 6.25. The minimum atomic E-state index is -0.0180. The Morgan fingerprint density at radius 3 is 2.76 bits per heavy atom. The number of aliphatic imine (C=N–C) groups is 1. The average molecular weight is 416 g/mol. The summed E-state index contributed by atoms with van der Waals surface area (Å²) in [7, 11) is 1.82. The van der Waals surface area contributed by atoms with Gasteiger partial charge in [-0.2, -0.15) is 11.3 Å². The molecule has 4 rings (SSSR count). The lowest BCUT2D eigenvalue weighted by Crippen LogP contribution is -2.48. The highest BCUT2D eigenvalue weighted by Crippen LogP contribution is 2.40. The van der Waals surface area contributed by atoms with Crippen LogP contribution in [0.3, 0.4) is 0 Å². The van der Waals surface area contributed by atoms with Crippen LogP contribution in [0.2, 0.25) is 0 Å². The van der Waals surface area contributed by atoms with Gasteiger partial charge in [-0.3, -0.25) is 4.99 Å². The van der Waals surface area contributed by atoms with Crippen molar-refractivity contribution in [2.45, 2.75) is 31.1 Å². The second kappa shape index (κ2) is 9.05. The monoisotopic (exact) mass is 415 g/mol. The summed E-state index contributed by atoms with van der Waals surface area (Å²) < 4.78 is 16.8. The van der Waals surface area contributed by atoms with Crippen molar-refractivity contribution in [3.63, 3.8) is 0 Å². The van der Waals surface area contributed by atoms with Gasteiger partial charge in [0.15, 0.2) is 17.5 Å². The smallest absolute Gasteiger partial charge is 0.231 e. The number of nitrogens with one attached hydrogen (secondary N) is 2. The Hall–Kier alpha value is -2.25. The van der Waals surface area contributed by atoms with E-state index in [9.17, 15) is 0 Å². The summed E-state index contributed by atoms with van der Waals surface area (Å²) in [5.74, 6) is 2.92. The molecule has 1 aromatic heterocycles. The zero-order chi connectivity index (χ0) is 20.1. The molecule has 2 aromatic rings. The Bertz CT molecular complexity index is 832. The summed E-state index contributed by atoms with van der Waals surface area (Å²) in [6.45, 7) is 5.69. The molecule has 156 valence electrons. The maximum Gasteiger partial charge on any atom is 0.231 e. The molecule has 1 aromatic carbocycles. The molecular weight excluding hydrogens is 386 g/mol. The molecule has 2 aliphatic heterocycles. The lowest BCUT2D eigenvalue weighted by Gasteiger charge is -2.38. The minimum Gasteiger partial charge on any atom is -0.454 e. The van der Waals surface area contributed by atoms with Crippen LogP contribution in [-0.4, -0.2) is 46.1 Å². The van der Waals surface area contributed by atoms with Crippen LogP contribution >= 0.6 is 11.3 Å². The first-order valence-corrected chi connectivity index (χ1v) is 11.1. The summed E-state index contributed by atoms with van der Waals surface area (Å²) in [6.07, 6.45) is 1.92. The molecule has 6 nitrogen and oxygen atoms in total. The molecule has 3 heterocycles. The van der Waals surface area contributed by atoms with E-state index >= 15 is 0 Å². The number of benzene rings is 1. The van der Waals surface area contributed by atoms with E-state index < -0.39 is 0 Å². The molecule has 1 saturated heterocycles. The topological polar surface area (TPSA) is 64.1 Å². The fourth-order valence-electron chi connectivity index (χ4n) is 3.95. The van der Waals surface area contributed by atoms with Crippen molar-refractivity contribution in [2.24, 2.45) is 4.99 Å². The molecule has 1 unspecified atom stereocenters. The second-order valence-electron chi connectivity index (χ2n) is 7.73. The van der Waals surface area contributed by atoms with E-state index in [-0.39, 0.29) is 5.41 Å². The predicted octanol–water partition coefficient (Wildman–Crippen LogP) is 3.49. The summed E-state index contributed by atoms with van der Waals surface area (Å²) in [5, 5.41) is 11.4. The summed E-state index contributed by atoms with van der Waals surface area (Å²) in [4.78, 5) is 4.43. The van der Waals surface area contributed by atoms with Gasteiger partial charge in [-0.25, -0.2) is 0 Å². The Morgan fingerprint density at radius 2 is 2.00 bits per heavy atom. The summed E-state index contributed by atoms with van der Waals surface area (Å²) >= 11 is 1.74. The van der Waals surface area contributed by atoms with Crippen molar-refractivity contribution in [3.05, 3.63) is 46.2 Å². The molecule has 2 aliphatic rings. The van der Waals surface area contributed by atoms with E-state index in [2.05, 4.69) is 51.5 Å². The van der Waals surface area contributed by atoms with Crippen LogP contribution in [0.15, 0.2) is 40.0 Å². The molecule has 29 heavy (non-hydrogen) atoms. The zero-order valence-electron chi connectivity index (χ0n) is 17.1. The predicted molar refractivity (Wildman–Crippen MR) is 116 cm³/mol. The van der Waals surface area contributed by atoms with Gasteiger partial charge >= 0.3 is 0 Å². The van der Waals surface area contributed by atoms with Crippen LogP contribution in [0, 0.1) is 0 Å². The largest absolute Gasteiger partial charge is 0.454 e. The van der Waals surface area contributed by atoms with E-state index in [0.29, 0.717) is 12.7 Å². The first-order valence-electron chi connectivity index (χ1n) is 10.1. The number of nitrogens with zero attached hydrogens (tertiary/aromatic N) is 1. The van der Waals surface area contributed by atoms with Crippen molar-refractivity contribution >= 4 is 17.3 Å². The SMILES string of the molecule is CN=C(NCC(C)c1ccsc1)NCC1(c2ccc3c(c2)OCO3)CCOCC1. The van der Waals surface area contributed by atoms with E-state index in [4.69, 9.17) is 14.2 Å². The third kappa shape index (κ3) is 4.51. The van der Waals surface area contributed by atoms with Gasteiger partial charge in [0.05, 0.1) is 0 Å². The van der Waals surface area contributed by atoms with Crippen LogP contribution in [-0.2, 0) is 10.2 Å². The van der Waals surface area contributed by atoms with Crippen LogP contribution in [0.5, 0.6) is 11.5 Å². The zero-order valence-corrected chi connectivity index (χ0v) is 17.9. The van der Waals surface area contributed by atoms with Gasteiger partial charge in [-0.15, -0.1) is 0 Å². The highest BCUT2D eigenvalue weighted by Gasteiger charge is 2.35. The fraction of sp³-hybridized carbons (Fsp3) is 0.500. The van der Waals surface area contributed by atoms with Crippen LogP contribution in [0.1, 0.15) is 36.8 Å². The van der Waals surface area contributed by atoms with Gasteiger partial charge in [-0.1, -0.05) is 13.0 Å². The van der Waals surface area contributed by atoms with Crippen LogP contribution < -0.4 is 20.1 Å². The highest BCUT2D eigenvalue weighted by atomic mass is 32.1. The number of thiophene rings is 1. The van der Waals surface area contributed by atoms with Gasteiger partial charge in [0, 0.05) is 38.8 Å². The highest BCUT2D eigenvalue weighted by molar-refractivity contribution is 7.07. The molecule has 0 bridgehead atoms. The van der Waals surface area contributed by atoms with Crippen molar-refractivity contribution in [1.82, 2.24) is 10.6 Å². The summed E-state index contributed by atoms with van der Waals surface area (Å²) in [6, 6.07) is 8.49. The van der Waals surface area contributed by atoms with E-state index in [1.807, 2.05) is 13.1 Å². The van der Waals surface area contributed by atoms with Crippen molar-refractivity contribution in [2.75, 3.05) is 40.1 Å². The van der Waals surface area contributed by atoms with Gasteiger partial charge in [0.2, 0.25) is 6.79 Å². The van der Waals surface area contributed by atoms with E-state index in [1.54, 1.807) is 11.3 Å². The van der Waals surface area contributed by atoms with Crippen molar-refractivity contribution < 1.29 is 14.2 Å². The van der Waals surface area contributed by atoms with Crippen molar-refractivity contribution in [3.8, 4) is 11.5 Å². The second-order valence-corrected chi connectivity index (χ2v) is 8.51. The average Bonchev–Trinajstić information content (AvgIpc) is 3.46. The van der Waals surface area contributed by atoms with Gasteiger partial charge in [0.1, 0.15) is 0 Å². The lowest BCUT2D eigenvalue weighted by molar-refractivity contribution is 0.0513. The molecule has 1 atom stereocenters. The maximum atomic E-state index is 5.66. The van der Waals surface area contributed by atoms with E-state index in [0.717, 1.165) is 56.6 Å². The van der Waals surface area contributed by atoms with Gasteiger partial charge in [-0.05, 0) is 58.8 Å². The maximum absolute atomic E-state index is 5.66. The van der Waals surface area contributed by atoms with E-state index in [1.165, 1.54) is 11.1 Å². The lowest BCUT2D eigenvalue weighted by atomic mass is 9.74. The number of rotatable bonds is 6. The standard InChI is InChI=1S/C22H29N3O3S/c1-16(17-5-10-29-13-17)12-24-21(23-2)25-14-22(6-8-26-9-7-22)18-3-4-19-20(11-18)28-15-27-19/h3-5,10-11,13,16H,6-9,12,14-15H2,1-2H3,(H2,23,24,25). The normalized spacial score (nSPS) is 19.0. The number of hydrogen-bond donors (Lipinski definition) is 2. The first kappa shape index (κ1) is 20.0. The number of guanidine groups is 1. The van der Waals surface area contributed by atoms with Gasteiger partial charge < -0.3 is 24.8 Å². The molecule has 0 aliphatic carbocycles. The Labute approximate surface area is 176 Å². The minimum absolute atomic E-state index is 0.0180. The molecule has 0 saturated carbocycles. The first-order chi connectivity index (χ1) is 14.2. The molecule has 1 fully saturated rings. The summed E-state index contributed by atoms with van der Waals surface area (Å²) in [5.41, 5.74) is 2.61. The Balaban J connectivity index is 1.42. The molecule has 0 amide bonds. The van der Waals surface area contributed by atoms with Crippen LogP contribution in [0.4, 0.5) is 0 Å². The van der Waals surface area contributed by atoms with Gasteiger partial charge in [0.25, 0.3) is 0 Å². The molecular formula is C22H29N3O3S. The Morgan fingerprint density at radius 1 is 1.17 bits per heavy atom. The molecule has 2 N–H and O–H groups in total. The number of ether oxygens (including phenoxy) is 3. The van der Waals surface area contributed by atoms with Crippen molar-refractivity contribution in [1.29, 1.82) is 0 Å². The van der Waals surface area contributed by atoms with Crippen LogP contribution in [0.25, 0.3) is 0 Å². The fourth-order valence-corrected chi connectivity index (χ4v) is 4.73. The number of fused-ring (bicyclic) bond motifs is 1. The molecule has 0 spiro atoms. The third-order valence-electron chi connectivity index (χ3n) is 5.94. The molecule has 0 radical (unpaired) electrons. The number of hydrogen-bond acceptors (Lipinski definition) is 5.